The Hall–Kier alpha value is -1.72. The number of hydrogen-bond donors (Lipinski definition) is 3. The third-order valence-electron chi connectivity index (χ3n) is 2.09. The number of nitrogens with one attached hydrogen (secondary N) is 3. The molecule has 0 saturated carbocycles. The van der Waals surface area contributed by atoms with Crippen molar-refractivity contribution in [3.63, 3.8) is 0 Å². The summed E-state index contributed by atoms with van der Waals surface area (Å²) in [7, 11) is 0. The lowest BCUT2D eigenvalue weighted by Gasteiger charge is -2.19. The number of hydrogen-bond acceptors (Lipinski definition) is 3. The molecule has 0 unspecified atom stereocenters. The van der Waals surface area contributed by atoms with E-state index in [0.717, 1.165) is 12.0 Å². The van der Waals surface area contributed by atoms with Crippen LogP contribution in [0.5, 0.6) is 0 Å². The van der Waals surface area contributed by atoms with Crippen LogP contribution in [0.1, 0.15) is 41.0 Å². The molecule has 0 saturated heterocycles. The van der Waals surface area contributed by atoms with Crippen molar-refractivity contribution in [2.24, 2.45) is 0 Å². The van der Waals surface area contributed by atoms with Gasteiger partial charge in [0.1, 0.15) is 5.60 Å². The summed E-state index contributed by atoms with van der Waals surface area (Å²) in [6, 6.07) is -0.293. The first-order chi connectivity index (χ1) is 8.74. The van der Waals surface area contributed by atoms with E-state index in [-0.39, 0.29) is 6.03 Å². The second-order valence-electron chi connectivity index (χ2n) is 5.17. The molecule has 19 heavy (non-hydrogen) atoms. The van der Waals surface area contributed by atoms with Crippen LogP contribution in [0.4, 0.5) is 9.59 Å². The molecule has 3 N–H and O–H groups in total. The molecule has 6 nitrogen and oxygen atoms in total. The maximum Gasteiger partial charge on any atom is 0.407 e. The molecule has 6 heteroatoms. The maximum atomic E-state index is 11.3. The fourth-order valence-electron chi connectivity index (χ4n) is 0.997. The van der Waals surface area contributed by atoms with Crippen molar-refractivity contribution in [1.29, 1.82) is 0 Å². The summed E-state index contributed by atoms with van der Waals surface area (Å²) >= 11 is 0. The van der Waals surface area contributed by atoms with E-state index in [4.69, 9.17) is 4.74 Å². The molecule has 0 aliphatic rings. The number of ether oxygens (including phenoxy) is 1. The van der Waals surface area contributed by atoms with E-state index in [1.54, 1.807) is 27.0 Å². The Kier molecular flexibility index (Phi) is 7.63. The molecule has 0 spiro atoms. The molecule has 0 aliphatic carbocycles. The second kappa shape index (κ2) is 8.39. The van der Waals surface area contributed by atoms with E-state index in [9.17, 15) is 9.59 Å². The van der Waals surface area contributed by atoms with Gasteiger partial charge in [-0.05, 0) is 34.1 Å². The summed E-state index contributed by atoms with van der Waals surface area (Å²) in [5.74, 6) is 0. The highest BCUT2D eigenvalue weighted by Crippen LogP contribution is 2.05. The van der Waals surface area contributed by atoms with Crippen LogP contribution in [0.2, 0.25) is 0 Å². The fourth-order valence-corrected chi connectivity index (χ4v) is 0.997. The van der Waals surface area contributed by atoms with Crippen LogP contribution >= 0.6 is 0 Å². The summed E-state index contributed by atoms with van der Waals surface area (Å²) in [5, 5.41) is 7.77. The van der Waals surface area contributed by atoms with Crippen LogP contribution in [-0.4, -0.2) is 30.8 Å². The summed E-state index contributed by atoms with van der Waals surface area (Å²) < 4.78 is 5.05. The van der Waals surface area contributed by atoms with Gasteiger partial charge in [-0.15, -0.1) is 0 Å². The molecule has 0 aromatic heterocycles. The zero-order valence-electron chi connectivity index (χ0n) is 12.4. The molecule has 0 radical (unpaired) electrons. The Morgan fingerprint density at radius 3 is 2.26 bits per heavy atom. The molecule has 0 heterocycles. The molecule has 0 rings (SSSR count). The first kappa shape index (κ1) is 17.3. The van der Waals surface area contributed by atoms with Crippen molar-refractivity contribution in [1.82, 2.24) is 16.0 Å². The van der Waals surface area contributed by atoms with E-state index < -0.39 is 11.7 Å². The van der Waals surface area contributed by atoms with Crippen LogP contribution in [0, 0.1) is 0 Å². The lowest BCUT2D eigenvalue weighted by atomic mass is 10.2. The molecule has 0 atom stereocenters. The normalized spacial score (nSPS) is 11.7. The first-order valence-electron chi connectivity index (χ1n) is 6.41. The second-order valence-corrected chi connectivity index (χ2v) is 5.17. The van der Waals surface area contributed by atoms with Crippen molar-refractivity contribution < 1.29 is 14.3 Å². The minimum Gasteiger partial charge on any atom is -0.444 e. The van der Waals surface area contributed by atoms with Crippen molar-refractivity contribution in [3.8, 4) is 0 Å². The number of rotatable bonds is 5. The highest BCUT2D eigenvalue weighted by Gasteiger charge is 2.15. The average Bonchev–Trinajstić information content (AvgIpc) is 2.29. The predicted molar refractivity (Wildman–Crippen MR) is 74.8 cm³/mol. The van der Waals surface area contributed by atoms with Gasteiger partial charge in [0.15, 0.2) is 0 Å². The van der Waals surface area contributed by atoms with Crippen molar-refractivity contribution in [3.05, 3.63) is 11.8 Å². The third kappa shape index (κ3) is 11.1. The number of carbonyl (C=O) groups excluding carboxylic acids is 2. The molecule has 3 amide bonds. The van der Waals surface area contributed by atoms with Gasteiger partial charge in [0.25, 0.3) is 0 Å². The third-order valence-corrected chi connectivity index (χ3v) is 2.09. The van der Waals surface area contributed by atoms with E-state index in [1.165, 1.54) is 0 Å². The average molecular weight is 271 g/mol. The minimum absolute atomic E-state index is 0.293. The number of allylic oxidation sites excluding steroid dienone is 1. The summed E-state index contributed by atoms with van der Waals surface area (Å²) in [5.41, 5.74) is 0.569. The van der Waals surface area contributed by atoms with Crippen LogP contribution in [0.3, 0.4) is 0 Å². The molecule has 0 aromatic carbocycles. The molecule has 0 bridgehead atoms. The van der Waals surface area contributed by atoms with Gasteiger partial charge < -0.3 is 20.7 Å². The van der Waals surface area contributed by atoms with Gasteiger partial charge in [0, 0.05) is 19.3 Å². The van der Waals surface area contributed by atoms with Gasteiger partial charge in [-0.1, -0.05) is 12.5 Å². The highest BCUT2D eigenvalue weighted by atomic mass is 16.6. The Morgan fingerprint density at radius 2 is 1.74 bits per heavy atom. The Labute approximate surface area is 115 Å². The summed E-state index contributed by atoms with van der Waals surface area (Å²) in [6.07, 6.45) is 2.06. The van der Waals surface area contributed by atoms with Gasteiger partial charge >= 0.3 is 12.1 Å². The number of alkyl carbamates (subject to hydrolysis) is 1. The lowest BCUT2D eigenvalue weighted by Crippen LogP contribution is -2.40. The highest BCUT2D eigenvalue weighted by molar-refractivity contribution is 5.75. The zero-order chi connectivity index (χ0) is 14.9. The van der Waals surface area contributed by atoms with Crippen LogP contribution in [0.15, 0.2) is 11.8 Å². The molecular weight excluding hydrogens is 246 g/mol. The predicted octanol–water partition coefficient (Wildman–Crippen LogP) is 2.12. The number of amides is 3. The number of urea groups is 1. The summed E-state index contributed by atoms with van der Waals surface area (Å²) in [6.45, 7) is 9.98. The van der Waals surface area contributed by atoms with E-state index in [0.29, 0.717) is 13.1 Å². The largest absolute Gasteiger partial charge is 0.444 e. The SMILES string of the molecule is CC/C(C)=C/NC(=O)NCCNC(=O)OC(C)(C)C. The smallest absolute Gasteiger partial charge is 0.407 e. The maximum absolute atomic E-state index is 11.3. The van der Waals surface area contributed by atoms with Crippen LogP contribution < -0.4 is 16.0 Å². The molecule has 0 aromatic rings. The minimum atomic E-state index is -0.517. The van der Waals surface area contributed by atoms with Gasteiger partial charge in [-0.2, -0.15) is 0 Å². The standard InChI is InChI=1S/C13H25N3O3/c1-6-10(2)9-16-11(17)14-7-8-15-12(18)19-13(3,4)5/h9H,6-8H2,1-5H3,(H,15,18)(H2,14,16,17)/b10-9+. The van der Waals surface area contributed by atoms with Crippen molar-refractivity contribution >= 4 is 12.1 Å². The topological polar surface area (TPSA) is 79.5 Å². The molecule has 0 aliphatic heterocycles. The van der Waals surface area contributed by atoms with Gasteiger partial charge in [-0.3, -0.25) is 0 Å². The fraction of sp³-hybridized carbons (Fsp3) is 0.692. The van der Waals surface area contributed by atoms with Gasteiger partial charge in [-0.25, -0.2) is 9.59 Å². The Balaban J connectivity index is 3.70. The van der Waals surface area contributed by atoms with Crippen molar-refractivity contribution in [2.75, 3.05) is 13.1 Å². The van der Waals surface area contributed by atoms with Crippen LogP contribution in [-0.2, 0) is 4.74 Å². The Morgan fingerprint density at radius 1 is 1.16 bits per heavy atom. The lowest BCUT2D eigenvalue weighted by molar-refractivity contribution is 0.0528. The zero-order valence-corrected chi connectivity index (χ0v) is 12.4. The molecule has 0 fully saturated rings. The van der Waals surface area contributed by atoms with Gasteiger partial charge in [0.05, 0.1) is 0 Å². The Bertz CT molecular complexity index is 333. The monoisotopic (exact) mass is 271 g/mol. The van der Waals surface area contributed by atoms with Gasteiger partial charge in [0.2, 0.25) is 0 Å². The van der Waals surface area contributed by atoms with E-state index in [1.807, 2.05) is 13.8 Å². The van der Waals surface area contributed by atoms with Crippen LogP contribution in [0.25, 0.3) is 0 Å². The van der Waals surface area contributed by atoms with Crippen molar-refractivity contribution in [2.45, 2.75) is 46.6 Å². The van der Waals surface area contributed by atoms with E-state index in [2.05, 4.69) is 16.0 Å². The number of carbonyl (C=O) groups is 2. The molecule has 110 valence electrons. The quantitative estimate of drug-likeness (QED) is 0.670. The first-order valence-corrected chi connectivity index (χ1v) is 6.41. The molecular formula is C13H25N3O3. The van der Waals surface area contributed by atoms with E-state index >= 15 is 0 Å². The summed E-state index contributed by atoms with van der Waals surface area (Å²) in [4.78, 5) is 22.6.